The van der Waals surface area contributed by atoms with Gasteiger partial charge in [-0.25, -0.2) is 13.4 Å². The lowest BCUT2D eigenvalue weighted by Gasteiger charge is -2.20. The van der Waals surface area contributed by atoms with Crippen LogP contribution in [0.2, 0.25) is 0 Å². The Labute approximate surface area is 189 Å². The second kappa shape index (κ2) is 10.2. The number of nitrogens with one attached hydrogen (secondary N) is 1. The van der Waals surface area contributed by atoms with Gasteiger partial charge in [-0.2, -0.15) is 4.31 Å². The summed E-state index contributed by atoms with van der Waals surface area (Å²) in [7, 11) is -3.67. The van der Waals surface area contributed by atoms with Crippen molar-refractivity contribution >= 4 is 21.6 Å². The number of anilines is 1. The smallest absolute Gasteiger partial charge is 0.255 e. The van der Waals surface area contributed by atoms with Gasteiger partial charge in [0.25, 0.3) is 5.91 Å². The number of carbonyl (C=O) groups is 1. The number of benzene rings is 2. The van der Waals surface area contributed by atoms with E-state index in [1.54, 1.807) is 57.3 Å². The third kappa shape index (κ3) is 5.41. The van der Waals surface area contributed by atoms with Crippen LogP contribution >= 0.6 is 0 Å². The van der Waals surface area contributed by atoms with Crippen LogP contribution in [0.4, 0.5) is 5.69 Å². The summed E-state index contributed by atoms with van der Waals surface area (Å²) in [6.07, 6.45) is 1.68. The average molecular weight is 448 g/mol. The third-order valence-corrected chi connectivity index (χ3v) is 7.09. The van der Waals surface area contributed by atoms with Crippen LogP contribution in [-0.4, -0.2) is 36.7 Å². The minimum absolute atomic E-state index is 0.142. The Morgan fingerprint density at radius 2 is 1.78 bits per heavy atom. The van der Waals surface area contributed by atoms with E-state index in [0.717, 1.165) is 5.56 Å². The predicted octanol–water partition coefficient (Wildman–Crippen LogP) is 4.07. The van der Waals surface area contributed by atoms with Crippen molar-refractivity contribution in [2.75, 3.05) is 18.4 Å². The highest BCUT2D eigenvalue weighted by atomic mass is 32.2. The number of carbonyl (C=O) groups excluding carboxylic acids is 1. The Bertz CT molecular complexity index is 1270. The number of aryl methyl sites for hydroxylation is 1. The summed E-state index contributed by atoms with van der Waals surface area (Å²) in [5, 5.41) is 2.82. The Morgan fingerprint density at radius 3 is 2.47 bits per heavy atom. The SMILES string of the molecule is CCN(CC)S(=O)(=O)c1cc(C(=O)Nc2cccc(C#Cc3ccccn3)c2)ccc1C. The van der Waals surface area contributed by atoms with Gasteiger partial charge in [0.05, 0.1) is 4.90 Å². The third-order valence-electron chi connectivity index (χ3n) is 4.89. The summed E-state index contributed by atoms with van der Waals surface area (Å²) in [5.41, 5.74) is 2.81. The van der Waals surface area contributed by atoms with Crippen LogP contribution in [-0.2, 0) is 10.0 Å². The molecule has 32 heavy (non-hydrogen) atoms. The van der Waals surface area contributed by atoms with Gasteiger partial charge in [-0.05, 0) is 60.9 Å². The average Bonchev–Trinajstić information content (AvgIpc) is 2.79. The molecule has 3 aromatic rings. The van der Waals surface area contributed by atoms with Crippen LogP contribution < -0.4 is 5.32 Å². The maximum Gasteiger partial charge on any atom is 0.255 e. The van der Waals surface area contributed by atoms with Crippen LogP contribution in [0.25, 0.3) is 0 Å². The van der Waals surface area contributed by atoms with Crippen LogP contribution in [0.5, 0.6) is 0 Å². The highest BCUT2D eigenvalue weighted by Gasteiger charge is 2.24. The van der Waals surface area contributed by atoms with E-state index in [1.807, 2.05) is 24.3 Å². The predicted molar refractivity (Wildman–Crippen MR) is 126 cm³/mol. The maximum atomic E-state index is 13.0. The summed E-state index contributed by atoms with van der Waals surface area (Å²) in [4.78, 5) is 17.1. The van der Waals surface area contributed by atoms with E-state index in [9.17, 15) is 13.2 Å². The first kappa shape index (κ1) is 23.2. The number of sulfonamides is 1. The van der Waals surface area contributed by atoms with Crippen molar-refractivity contribution in [3.05, 3.63) is 89.2 Å². The summed E-state index contributed by atoms with van der Waals surface area (Å²) < 4.78 is 27.3. The molecule has 0 radical (unpaired) electrons. The fourth-order valence-corrected chi connectivity index (χ4v) is 4.88. The first-order valence-corrected chi connectivity index (χ1v) is 11.7. The van der Waals surface area contributed by atoms with E-state index in [1.165, 1.54) is 10.4 Å². The maximum absolute atomic E-state index is 13.0. The second-order valence-corrected chi connectivity index (χ2v) is 8.98. The van der Waals surface area contributed by atoms with Crippen molar-refractivity contribution in [2.24, 2.45) is 0 Å². The number of nitrogens with zero attached hydrogens (tertiary/aromatic N) is 2. The molecule has 0 aliphatic carbocycles. The number of pyridine rings is 1. The van der Waals surface area contributed by atoms with E-state index < -0.39 is 15.9 Å². The van der Waals surface area contributed by atoms with Crippen molar-refractivity contribution in [1.29, 1.82) is 0 Å². The van der Waals surface area contributed by atoms with Gasteiger partial charge in [0.15, 0.2) is 0 Å². The Morgan fingerprint density at radius 1 is 1.00 bits per heavy atom. The highest BCUT2D eigenvalue weighted by Crippen LogP contribution is 2.22. The molecule has 1 heterocycles. The molecule has 1 N–H and O–H groups in total. The zero-order valence-electron chi connectivity index (χ0n) is 18.3. The molecule has 0 atom stereocenters. The standard InChI is InChI=1S/C25H25N3O3S/c1-4-28(5-2)32(30,31)24-18-21(14-12-19(24)3)25(29)27-23-11-8-9-20(17-23)13-15-22-10-6-7-16-26-22/h6-12,14,16-18H,4-5H2,1-3H3,(H,27,29). The zero-order chi connectivity index (χ0) is 23.1. The number of hydrogen-bond donors (Lipinski definition) is 1. The van der Waals surface area contributed by atoms with Crippen molar-refractivity contribution < 1.29 is 13.2 Å². The summed E-state index contributed by atoms with van der Waals surface area (Å²) in [5.74, 6) is 5.61. The Hall–Kier alpha value is -3.47. The summed E-state index contributed by atoms with van der Waals surface area (Å²) in [6, 6.07) is 17.4. The number of aromatic nitrogens is 1. The molecule has 164 valence electrons. The Kier molecular flexibility index (Phi) is 7.41. The van der Waals surface area contributed by atoms with Gasteiger partial charge in [0, 0.05) is 36.1 Å². The van der Waals surface area contributed by atoms with Gasteiger partial charge in [-0.15, -0.1) is 0 Å². The van der Waals surface area contributed by atoms with Crippen molar-refractivity contribution in [3.8, 4) is 11.8 Å². The molecule has 0 spiro atoms. The molecule has 0 aliphatic heterocycles. The lowest BCUT2D eigenvalue weighted by atomic mass is 10.1. The molecule has 1 amide bonds. The molecule has 0 saturated carbocycles. The van der Waals surface area contributed by atoms with Gasteiger partial charge in [-0.3, -0.25) is 4.79 Å². The fourth-order valence-electron chi connectivity index (χ4n) is 3.17. The minimum Gasteiger partial charge on any atom is -0.322 e. The van der Waals surface area contributed by atoms with Gasteiger partial charge >= 0.3 is 0 Å². The molecule has 0 saturated heterocycles. The minimum atomic E-state index is -3.67. The van der Waals surface area contributed by atoms with Crippen molar-refractivity contribution in [2.45, 2.75) is 25.7 Å². The lowest BCUT2D eigenvalue weighted by Crippen LogP contribution is -2.31. The fraction of sp³-hybridized carbons (Fsp3) is 0.200. The molecule has 6 nitrogen and oxygen atoms in total. The largest absolute Gasteiger partial charge is 0.322 e. The van der Waals surface area contributed by atoms with Gasteiger partial charge < -0.3 is 5.32 Å². The quantitative estimate of drug-likeness (QED) is 0.578. The van der Waals surface area contributed by atoms with Gasteiger partial charge in [-0.1, -0.05) is 38.0 Å². The molecular weight excluding hydrogens is 422 g/mol. The molecule has 1 aromatic heterocycles. The van der Waals surface area contributed by atoms with Crippen molar-refractivity contribution in [1.82, 2.24) is 9.29 Å². The molecule has 2 aromatic carbocycles. The molecule has 7 heteroatoms. The topological polar surface area (TPSA) is 79.4 Å². The van der Waals surface area contributed by atoms with Crippen LogP contribution in [0.3, 0.4) is 0 Å². The van der Waals surface area contributed by atoms with E-state index in [0.29, 0.717) is 30.0 Å². The molecule has 3 rings (SSSR count). The molecule has 0 fully saturated rings. The first-order valence-electron chi connectivity index (χ1n) is 10.3. The van der Waals surface area contributed by atoms with E-state index >= 15 is 0 Å². The number of hydrogen-bond acceptors (Lipinski definition) is 4. The van der Waals surface area contributed by atoms with Crippen LogP contribution in [0.15, 0.2) is 71.8 Å². The van der Waals surface area contributed by atoms with Crippen LogP contribution in [0, 0.1) is 18.8 Å². The van der Waals surface area contributed by atoms with Crippen molar-refractivity contribution in [3.63, 3.8) is 0 Å². The monoisotopic (exact) mass is 447 g/mol. The van der Waals surface area contributed by atoms with Crippen LogP contribution in [0.1, 0.15) is 41.0 Å². The molecule has 0 bridgehead atoms. The van der Waals surface area contributed by atoms with E-state index in [-0.39, 0.29) is 10.5 Å². The first-order chi connectivity index (χ1) is 15.3. The summed E-state index contributed by atoms with van der Waals surface area (Å²) in [6.45, 7) is 6.03. The lowest BCUT2D eigenvalue weighted by molar-refractivity contribution is 0.102. The number of amides is 1. The van der Waals surface area contributed by atoms with E-state index in [2.05, 4.69) is 22.1 Å². The molecular formula is C25H25N3O3S. The highest BCUT2D eigenvalue weighted by molar-refractivity contribution is 7.89. The van der Waals surface area contributed by atoms with E-state index in [4.69, 9.17) is 0 Å². The van der Waals surface area contributed by atoms with Gasteiger partial charge in [0.2, 0.25) is 10.0 Å². The van der Waals surface area contributed by atoms with Gasteiger partial charge in [0.1, 0.15) is 5.69 Å². The Balaban J connectivity index is 1.83. The second-order valence-electron chi connectivity index (χ2n) is 7.07. The summed E-state index contributed by atoms with van der Waals surface area (Å²) >= 11 is 0. The molecule has 0 aliphatic rings. The normalized spacial score (nSPS) is 11.0. The molecule has 0 unspecified atom stereocenters. The zero-order valence-corrected chi connectivity index (χ0v) is 19.1. The number of rotatable bonds is 6.